The van der Waals surface area contributed by atoms with Crippen LogP contribution in [0.5, 0.6) is 0 Å². The molecule has 1 saturated heterocycles. The van der Waals surface area contributed by atoms with E-state index in [1.807, 2.05) is 48.7 Å². The first-order valence-corrected chi connectivity index (χ1v) is 10.8. The van der Waals surface area contributed by atoms with E-state index in [-0.39, 0.29) is 11.8 Å². The van der Waals surface area contributed by atoms with Crippen molar-refractivity contribution in [2.75, 3.05) is 31.6 Å². The number of amides is 2. The topological polar surface area (TPSA) is 58.6 Å². The summed E-state index contributed by atoms with van der Waals surface area (Å²) in [6, 6.07) is 13.6. The molecule has 144 valence electrons. The Hall–Kier alpha value is -2.48. The van der Waals surface area contributed by atoms with Crippen molar-refractivity contribution in [2.45, 2.75) is 6.92 Å². The van der Waals surface area contributed by atoms with E-state index in [2.05, 4.69) is 5.32 Å². The second-order valence-corrected chi connectivity index (χ2v) is 8.43. The van der Waals surface area contributed by atoms with Crippen LogP contribution in [0.2, 0.25) is 0 Å². The second-order valence-electron chi connectivity index (χ2n) is 6.46. The quantitative estimate of drug-likeness (QED) is 0.686. The molecule has 0 unspecified atom stereocenters. The molecule has 1 N–H and O–H groups in total. The lowest BCUT2D eigenvalue weighted by Crippen LogP contribution is -2.41. The molecule has 28 heavy (non-hydrogen) atoms. The zero-order valence-corrected chi connectivity index (χ0v) is 17.1. The molecule has 7 heteroatoms. The van der Waals surface area contributed by atoms with Gasteiger partial charge in [0.25, 0.3) is 11.8 Å². The molecule has 3 aromatic rings. The van der Waals surface area contributed by atoms with E-state index < -0.39 is 0 Å². The van der Waals surface area contributed by atoms with Crippen LogP contribution in [0, 0.1) is 6.92 Å². The molecular weight excluding hydrogens is 392 g/mol. The van der Waals surface area contributed by atoms with Crippen LogP contribution in [-0.4, -0.2) is 43.0 Å². The van der Waals surface area contributed by atoms with Gasteiger partial charge in [-0.25, -0.2) is 0 Å². The van der Waals surface area contributed by atoms with Crippen LogP contribution in [0.4, 0.5) is 5.00 Å². The van der Waals surface area contributed by atoms with Gasteiger partial charge in [-0.2, -0.15) is 0 Å². The molecule has 2 amide bonds. The van der Waals surface area contributed by atoms with Gasteiger partial charge in [-0.05, 0) is 29.5 Å². The summed E-state index contributed by atoms with van der Waals surface area (Å²) >= 11 is 2.83. The third-order valence-electron chi connectivity index (χ3n) is 4.67. The highest BCUT2D eigenvalue weighted by molar-refractivity contribution is 7.20. The highest BCUT2D eigenvalue weighted by Crippen LogP contribution is 2.40. The lowest BCUT2D eigenvalue weighted by Gasteiger charge is -2.27. The number of hydrogen-bond acceptors (Lipinski definition) is 5. The number of thiophene rings is 2. The molecule has 2 aromatic heterocycles. The third kappa shape index (κ3) is 3.73. The van der Waals surface area contributed by atoms with Crippen molar-refractivity contribution in [1.82, 2.24) is 4.90 Å². The van der Waals surface area contributed by atoms with Crippen LogP contribution in [0.25, 0.3) is 10.4 Å². The predicted octanol–water partition coefficient (Wildman–Crippen LogP) is 4.51. The van der Waals surface area contributed by atoms with E-state index in [0.717, 1.165) is 16.0 Å². The first-order valence-electron chi connectivity index (χ1n) is 9.06. The first kappa shape index (κ1) is 18.9. The van der Waals surface area contributed by atoms with Crippen molar-refractivity contribution in [3.8, 4) is 10.4 Å². The Morgan fingerprint density at radius 2 is 1.82 bits per heavy atom. The lowest BCUT2D eigenvalue weighted by molar-refractivity contribution is 0.0303. The standard InChI is InChI=1S/C21H20N2O3S2/c1-14-17(21(25)23-9-11-26-12-10-23)20(22-19(24)16-8-5-13-27-16)28-18(14)15-6-3-2-4-7-15/h2-8,13H,9-12H2,1H3,(H,22,24). The van der Waals surface area contributed by atoms with Crippen LogP contribution in [0.15, 0.2) is 47.8 Å². The number of nitrogens with zero attached hydrogens (tertiary/aromatic N) is 1. The number of benzene rings is 1. The van der Waals surface area contributed by atoms with Crippen molar-refractivity contribution in [1.29, 1.82) is 0 Å². The van der Waals surface area contributed by atoms with Crippen LogP contribution in [-0.2, 0) is 4.74 Å². The maximum atomic E-state index is 13.3. The van der Waals surface area contributed by atoms with Crippen LogP contribution in [0.3, 0.4) is 0 Å². The molecule has 1 aliphatic heterocycles. The fourth-order valence-corrected chi connectivity index (χ4v) is 5.04. The number of carbonyl (C=O) groups is 2. The van der Waals surface area contributed by atoms with Gasteiger partial charge in [-0.1, -0.05) is 36.4 Å². The van der Waals surface area contributed by atoms with Gasteiger partial charge in [-0.3, -0.25) is 9.59 Å². The average Bonchev–Trinajstić information content (AvgIpc) is 3.37. The zero-order chi connectivity index (χ0) is 19.5. The molecule has 5 nitrogen and oxygen atoms in total. The number of nitrogens with one attached hydrogen (secondary N) is 1. The summed E-state index contributed by atoms with van der Waals surface area (Å²) in [5, 5.41) is 5.44. The van der Waals surface area contributed by atoms with Gasteiger partial charge in [0, 0.05) is 18.0 Å². The monoisotopic (exact) mass is 412 g/mol. The maximum absolute atomic E-state index is 13.3. The first-order chi connectivity index (χ1) is 13.6. The highest BCUT2D eigenvalue weighted by Gasteiger charge is 2.28. The highest BCUT2D eigenvalue weighted by atomic mass is 32.1. The summed E-state index contributed by atoms with van der Waals surface area (Å²) < 4.78 is 5.37. The Balaban J connectivity index is 1.74. The zero-order valence-electron chi connectivity index (χ0n) is 15.4. The SMILES string of the molecule is Cc1c(-c2ccccc2)sc(NC(=O)c2cccs2)c1C(=O)N1CCOCC1. The molecule has 1 aromatic carbocycles. The number of rotatable bonds is 4. The number of ether oxygens (including phenoxy) is 1. The minimum atomic E-state index is -0.188. The van der Waals surface area contributed by atoms with E-state index in [1.54, 1.807) is 11.0 Å². The van der Waals surface area contributed by atoms with Crippen LogP contribution >= 0.6 is 22.7 Å². The number of carbonyl (C=O) groups excluding carboxylic acids is 2. The van der Waals surface area contributed by atoms with E-state index in [9.17, 15) is 9.59 Å². The van der Waals surface area contributed by atoms with Gasteiger partial charge in [-0.15, -0.1) is 22.7 Å². The molecule has 3 heterocycles. The van der Waals surface area contributed by atoms with Crippen LogP contribution < -0.4 is 5.32 Å². The molecule has 1 aliphatic rings. The molecule has 0 saturated carbocycles. The molecule has 1 fully saturated rings. The minimum Gasteiger partial charge on any atom is -0.378 e. The third-order valence-corrected chi connectivity index (χ3v) is 6.79. The Morgan fingerprint density at radius 1 is 1.07 bits per heavy atom. The van der Waals surface area contributed by atoms with Gasteiger partial charge in [0.05, 0.1) is 23.7 Å². The molecule has 0 atom stereocenters. The number of anilines is 1. The van der Waals surface area contributed by atoms with E-state index in [1.165, 1.54) is 22.7 Å². The van der Waals surface area contributed by atoms with Gasteiger partial charge in [0.2, 0.25) is 0 Å². The number of morpholine rings is 1. The fraction of sp³-hybridized carbons (Fsp3) is 0.238. The fourth-order valence-electron chi connectivity index (χ4n) is 3.22. The summed E-state index contributed by atoms with van der Waals surface area (Å²) in [6.07, 6.45) is 0. The molecule has 4 rings (SSSR count). The van der Waals surface area contributed by atoms with E-state index >= 15 is 0 Å². The average molecular weight is 413 g/mol. The normalized spacial score (nSPS) is 14.1. The largest absolute Gasteiger partial charge is 0.378 e. The Kier molecular flexibility index (Phi) is 5.57. The van der Waals surface area contributed by atoms with Crippen molar-refractivity contribution < 1.29 is 14.3 Å². The summed E-state index contributed by atoms with van der Waals surface area (Å²) in [5.74, 6) is -0.243. The molecule has 0 spiro atoms. The van der Waals surface area contributed by atoms with Gasteiger partial charge >= 0.3 is 0 Å². The number of hydrogen-bond donors (Lipinski definition) is 1. The van der Waals surface area contributed by atoms with Gasteiger partial charge in [0.15, 0.2) is 0 Å². The summed E-state index contributed by atoms with van der Waals surface area (Å²) in [4.78, 5) is 29.3. The van der Waals surface area contributed by atoms with Gasteiger partial charge in [0.1, 0.15) is 5.00 Å². The molecule has 0 bridgehead atoms. The Bertz CT molecular complexity index is 975. The van der Waals surface area contributed by atoms with Crippen LogP contribution in [0.1, 0.15) is 25.6 Å². The van der Waals surface area contributed by atoms with E-state index in [0.29, 0.717) is 41.7 Å². The molecule has 0 aliphatic carbocycles. The Morgan fingerprint density at radius 3 is 2.50 bits per heavy atom. The van der Waals surface area contributed by atoms with Gasteiger partial charge < -0.3 is 15.0 Å². The van der Waals surface area contributed by atoms with Crippen molar-refractivity contribution in [3.05, 3.63) is 63.8 Å². The van der Waals surface area contributed by atoms with Crippen molar-refractivity contribution >= 4 is 39.5 Å². The maximum Gasteiger partial charge on any atom is 0.266 e. The second kappa shape index (κ2) is 8.26. The summed E-state index contributed by atoms with van der Waals surface area (Å²) in [7, 11) is 0. The summed E-state index contributed by atoms with van der Waals surface area (Å²) in [6.45, 7) is 4.15. The molecule has 0 radical (unpaired) electrons. The van der Waals surface area contributed by atoms with Crippen molar-refractivity contribution in [2.24, 2.45) is 0 Å². The predicted molar refractivity (Wildman–Crippen MR) is 113 cm³/mol. The smallest absolute Gasteiger partial charge is 0.266 e. The summed E-state index contributed by atoms with van der Waals surface area (Å²) in [5.41, 5.74) is 2.52. The lowest BCUT2D eigenvalue weighted by atomic mass is 10.1. The van der Waals surface area contributed by atoms with E-state index in [4.69, 9.17) is 4.74 Å². The Labute approximate surface area is 171 Å². The van der Waals surface area contributed by atoms with Crippen molar-refractivity contribution in [3.63, 3.8) is 0 Å². The molecular formula is C21H20N2O3S2. The minimum absolute atomic E-state index is 0.0549.